The molecule has 0 radical (unpaired) electrons. The van der Waals surface area contributed by atoms with E-state index in [0.29, 0.717) is 18.7 Å². The van der Waals surface area contributed by atoms with Gasteiger partial charge in [-0.25, -0.2) is 18.0 Å². The van der Waals surface area contributed by atoms with Crippen molar-refractivity contribution in [2.75, 3.05) is 19.6 Å². The number of piperazine rings is 1. The molecule has 0 aliphatic carbocycles. The molecule has 0 aromatic heterocycles. The standard InChI is InChI=1S/C12H11F3N2O3/c13-6-3-7(14)10(8(15)4-6)11(18)17-2-1-16-5-9(17)12(19)20/h3-4,9,16H,1-2,5H2,(H,19,20). The van der Waals surface area contributed by atoms with Crippen molar-refractivity contribution in [1.82, 2.24) is 10.2 Å². The van der Waals surface area contributed by atoms with E-state index in [9.17, 15) is 22.8 Å². The molecule has 1 aliphatic rings. The minimum Gasteiger partial charge on any atom is -0.480 e. The highest BCUT2D eigenvalue weighted by molar-refractivity contribution is 5.97. The average molecular weight is 288 g/mol. The number of hydrogen-bond donors (Lipinski definition) is 2. The van der Waals surface area contributed by atoms with Crippen LogP contribution < -0.4 is 5.32 Å². The van der Waals surface area contributed by atoms with E-state index in [2.05, 4.69) is 5.32 Å². The van der Waals surface area contributed by atoms with Crippen LogP contribution in [-0.4, -0.2) is 47.6 Å². The number of carboxylic acid groups (broad SMARTS) is 1. The molecule has 108 valence electrons. The number of hydrogen-bond acceptors (Lipinski definition) is 3. The lowest BCUT2D eigenvalue weighted by atomic mass is 10.1. The largest absolute Gasteiger partial charge is 0.480 e. The van der Waals surface area contributed by atoms with Gasteiger partial charge in [-0.3, -0.25) is 4.79 Å². The Morgan fingerprint density at radius 1 is 1.25 bits per heavy atom. The second-order valence-electron chi connectivity index (χ2n) is 4.30. The summed E-state index contributed by atoms with van der Waals surface area (Å²) < 4.78 is 39.9. The van der Waals surface area contributed by atoms with E-state index in [-0.39, 0.29) is 13.1 Å². The Hall–Kier alpha value is -2.09. The molecule has 1 fully saturated rings. The zero-order valence-corrected chi connectivity index (χ0v) is 10.2. The minimum atomic E-state index is -1.35. The Labute approximate surface area is 112 Å². The van der Waals surface area contributed by atoms with Crippen LogP contribution in [0.2, 0.25) is 0 Å². The molecule has 0 spiro atoms. The third-order valence-corrected chi connectivity index (χ3v) is 3.01. The number of aliphatic carboxylic acids is 1. The van der Waals surface area contributed by atoms with Crippen LogP contribution in [0.1, 0.15) is 10.4 Å². The molecule has 1 aromatic rings. The molecular weight excluding hydrogens is 277 g/mol. The van der Waals surface area contributed by atoms with Gasteiger partial charge < -0.3 is 15.3 Å². The van der Waals surface area contributed by atoms with Gasteiger partial charge in [-0.05, 0) is 0 Å². The van der Waals surface area contributed by atoms with Crippen LogP contribution in [0, 0.1) is 17.5 Å². The molecule has 2 N–H and O–H groups in total. The van der Waals surface area contributed by atoms with Gasteiger partial charge in [-0.1, -0.05) is 0 Å². The number of halogens is 3. The number of carbonyl (C=O) groups is 2. The van der Waals surface area contributed by atoms with E-state index in [0.717, 1.165) is 4.90 Å². The minimum absolute atomic E-state index is 0.00788. The third-order valence-electron chi connectivity index (χ3n) is 3.01. The van der Waals surface area contributed by atoms with E-state index in [1.165, 1.54) is 0 Å². The summed E-state index contributed by atoms with van der Waals surface area (Å²) in [7, 11) is 0. The number of amides is 1. The van der Waals surface area contributed by atoms with Crippen LogP contribution in [-0.2, 0) is 4.79 Å². The van der Waals surface area contributed by atoms with E-state index in [1.54, 1.807) is 0 Å². The summed E-state index contributed by atoms with van der Waals surface area (Å²) in [6.07, 6.45) is 0. The van der Waals surface area contributed by atoms with Gasteiger partial charge in [0.2, 0.25) is 0 Å². The van der Waals surface area contributed by atoms with Crippen LogP contribution in [0.4, 0.5) is 13.2 Å². The molecule has 8 heteroatoms. The molecule has 2 rings (SSSR count). The van der Waals surface area contributed by atoms with Crippen molar-refractivity contribution < 1.29 is 27.9 Å². The fourth-order valence-corrected chi connectivity index (χ4v) is 2.06. The second kappa shape index (κ2) is 5.49. The topological polar surface area (TPSA) is 69.6 Å². The first-order chi connectivity index (χ1) is 9.41. The molecule has 0 bridgehead atoms. The summed E-state index contributed by atoms with van der Waals surface area (Å²) in [6, 6.07) is -0.456. The molecule has 1 heterocycles. The van der Waals surface area contributed by atoms with Crippen molar-refractivity contribution in [3.05, 3.63) is 35.1 Å². The fourth-order valence-electron chi connectivity index (χ4n) is 2.06. The van der Waals surface area contributed by atoms with Gasteiger partial charge in [0.25, 0.3) is 5.91 Å². The fraction of sp³-hybridized carbons (Fsp3) is 0.333. The molecule has 1 amide bonds. The number of nitrogens with one attached hydrogen (secondary N) is 1. The molecule has 0 saturated carbocycles. The number of benzene rings is 1. The lowest BCUT2D eigenvalue weighted by Crippen LogP contribution is -2.57. The lowest BCUT2D eigenvalue weighted by Gasteiger charge is -2.33. The van der Waals surface area contributed by atoms with Crippen LogP contribution in [0.25, 0.3) is 0 Å². The normalized spacial score (nSPS) is 18.9. The highest BCUT2D eigenvalue weighted by Crippen LogP contribution is 2.19. The Morgan fingerprint density at radius 3 is 2.40 bits per heavy atom. The maximum atomic E-state index is 13.6. The Morgan fingerprint density at radius 2 is 1.85 bits per heavy atom. The zero-order valence-electron chi connectivity index (χ0n) is 10.2. The summed E-state index contributed by atoms with van der Waals surface area (Å²) in [5.74, 6) is -6.24. The summed E-state index contributed by atoms with van der Waals surface area (Å²) in [5.41, 5.74) is -0.945. The van der Waals surface area contributed by atoms with Gasteiger partial charge in [0.1, 0.15) is 29.1 Å². The Balaban J connectivity index is 2.37. The monoisotopic (exact) mass is 288 g/mol. The van der Waals surface area contributed by atoms with Gasteiger partial charge in [-0.2, -0.15) is 0 Å². The number of nitrogens with zero attached hydrogens (tertiary/aromatic N) is 1. The van der Waals surface area contributed by atoms with Crippen molar-refractivity contribution in [2.45, 2.75) is 6.04 Å². The maximum Gasteiger partial charge on any atom is 0.327 e. The SMILES string of the molecule is O=C(O)C1CNCCN1C(=O)c1c(F)cc(F)cc1F. The van der Waals surface area contributed by atoms with Gasteiger partial charge in [-0.15, -0.1) is 0 Å². The van der Waals surface area contributed by atoms with E-state index >= 15 is 0 Å². The zero-order chi connectivity index (χ0) is 14.9. The number of rotatable bonds is 2. The summed E-state index contributed by atoms with van der Waals surface area (Å²) in [5, 5.41) is 11.8. The Bertz CT molecular complexity index is 542. The first kappa shape index (κ1) is 14.3. The quantitative estimate of drug-likeness (QED) is 0.836. The molecule has 5 nitrogen and oxygen atoms in total. The Kier molecular flexibility index (Phi) is 3.93. The molecule has 1 unspecified atom stereocenters. The second-order valence-corrected chi connectivity index (χ2v) is 4.30. The lowest BCUT2D eigenvalue weighted by molar-refractivity contribution is -0.142. The predicted octanol–water partition coefficient (Wildman–Crippen LogP) is 0.603. The number of carbonyl (C=O) groups excluding carboxylic acids is 1. The van der Waals surface area contributed by atoms with Crippen LogP contribution in [0.3, 0.4) is 0 Å². The van der Waals surface area contributed by atoms with Gasteiger partial charge in [0.05, 0.1) is 0 Å². The first-order valence-electron chi connectivity index (χ1n) is 5.81. The van der Waals surface area contributed by atoms with E-state index in [4.69, 9.17) is 5.11 Å². The van der Waals surface area contributed by atoms with E-state index in [1.807, 2.05) is 0 Å². The molecule has 20 heavy (non-hydrogen) atoms. The van der Waals surface area contributed by atoms with Crippen LogP contribution >= 0.6 is 0 Å². The molecule has 1 aromatic carbocycles. The molecular formula is C12H11F3N2O3. The van der Waals surface area contributed by atoms with Crippen molar-refractivity contribution >= 4 is 11.9 Å². The predicted molar refractivity (Wildman–Crippen MR) is 61.6 cm³/mol. The summed E-state index contributed by atoms with van der Waals surface area (Å²) >= 11 is 0. The molecule has 1 aliphatic heterocycles. The summed E-state index contributed by atoms with van der Waals surface area (Å²) in [4.78, 5) is 24.0. The summed E-state index contributed by atoms with van der Waals surface area (Å²) in [6.45, 7) is 0.275. The van der Waals surface area contributed by atoms with Gasteiger partial charge in [0.15, 0.2) is 0 Å². The first-order valence-corrected chi connectivity index (χ1v) is 5.81. The maximum absolute atomic E-state index is 13.6. The highest BCUT2D eigenvalue weighted by atomic mass is 19.1. The van der Waals surface area contributed by atoms with Gasteiger partial charge >= 0.3 is 5.97 Å². The average Bonchev–Trinajstić information content (AvgIpc) is 2.37. The van der Waals surface area contributed by atoms with Crippen LogP contribution in [0.15, 0.2) is 12.1 Å². The number of carboxylic acids is 1. The smallest absolute Gasteiger partial charge is 0.327 e. The van der Waals surface area contributed by atoms with Crippen molar-refractivity contribution in [2.24, 2.45) is 0 Å². The van der Waals surface area contributed by atoms with Crippen molar-refractivity contribution in [1.29, 1.82) is 0 Å². The molecule has 1 saturated heterocycles. The van der Waals surface area contributed by atoms with Crippen LogP contribution in [0.5, 0.6) is 0 Å². The third kappa shape index (κ3) is 2.60. The van der Waals surface area contributed by atoms with Crippen molar-refractivity contribution in [3.63, 3.8) is 0 Å². The van der Waals surface area contributed by atoms with E-state index < -0.39 is 40.9 Å². The van der Waals surface area contributed by atoms with Gasteiger partial charge in [0, 0.05) is 31.8 Å². The molecule has 1 atom stereocenters. The highest BCUT2D eigenvalue weighted by Gasteiger charge is 2.34. The van der Waals surface area contributed by atoms with Crippen molar-refractivity contribution in [3.8, 4) is 0 Å².